The summed E-state index contributed by atoms with van der Waals surface area (Å²) in [4.78, 5) is 32.8. The number of hydrogen-bond acceptors (Lipinski definition) is 5. The van der Waals surface area contributed by atoms with E-state index in [-0.39, 0.29) is 29.0 Å². The van der Waals surface area contributed by atoms with Gasteiger partial charge >= 0.3 is 0 Å². The van der Waals surface area contributed by atoms with Crippen LogP contribution in [0.1, 0.15) is 23.2 Å². The minimum Gasteiger partial charge on any atom is -0.467 e. The first-order valence-electron chi connectivity index (χ1n) is 8.30. The van der Waals surface area contributed by atoms with Crippen LogP contribution >= 0.6 is 11.3 Å². The van der Waals surface area contributed by atoms with E-state index in [1.807, 2.05) is 0 Å². The number of carbonyl (C=O) groups is 1. The SMILES string of the molecule is O=C(c1ccc[nH]c1=O)N1CCC(Oc2nc3ccc(F)cc3s2)CC1. The molecule has 0 saturated carbocycles. The van der Waals surface area contributed by atoms with Gasteiger partial charge in [0.15, 0.2) is 0 Å². The van der Waals surface area contributed by atoms with Gasteiger partial charge in [0.25, 0.3) is 16.7 Å². The maximum Gasteiger partial charge on any atom is 0.274 e. The Morgan fingerprint density at radius 2 is 2.12 bits per heavy atom. The largest absolute Gasteiger partial charge is 0.467 e. The van der Waals surface area contributed by atoms with Crippen molar-refractivity contribution in [2.24, 2.45) is 0 Å². The summed E-state index contributed by atoms with van der Waals surface area (Å²) in [6, 6.07) is 7.62. The Bertz CT molecular complexity index is 1010. The van der Waals surface area contributed by atoms with Crippen molar-refractivity contribution in [1.82, 2.24) is 14.9 Å². The molecule has 134 valence electrons. The molecule has 0 atom stereocenters. The average molecular weight is 373 g/mol. The fraction of sp³-hybridized carbons (Fsp3) is 0.278. The lowest BCUT2D eigenvalue weighted by Crippen LogP contribution is -2.43. The van der Waals surface area contributed by atoms with Crippen molar-refractivity contribution in [2.45, 2.75) is 18.9 Å². The maximum absolute atomic E-state index is 13.3. The molecule has 1 aromatic carbocycles. The van der Waals surface area contributed by atoms with E-state index in [1.54, 1.807) is 17.0 Å². The number of thiazole rings is 1. The topological polar surface area (TPSA) is 75.3 Å². The molecule has 3 heterocycles. The zero-order valence-corrected chi connectivity index (χ0v) is 14.6. The molecule has 0 unspecified atom stereocenters. The number of fused-ring (bicyclic) bond motifs is 1. The molecule has 1 aliphatic heterocycles. The normalized spacial score (nSPS) is 15.3. The number of amides is 1. The number of nitrogens with one attached hydrogen (secondary N) is 1. The molecular weight excluding hydrogens is 357 g/mol. The second kappa shape index (κ2) is 6.87. The highest BCUT2D eigenvalue weighted by atomic mass is 32.1. The number of nitrogens with zero attached hydrogens (tertiary/aromatic N) is 2. The molecule has 1 fully saturated rings. The first-order chi connectivity index (χ1) is 12.6. The summed E-state index contributed by atoms with van der Waals surface area (Å²) in [5.74, 6) is -0.559. The highest BCUT2D eigenvalue weighted by Gasteiger charge is 2.26. The molecule has 1 saturated heterocycles. The third kappa shape index (κ3) is 3.32. The lowest BCUT2D eigenvalue weighted by Gasteiger charge is -2.31. The second-order valence-corrected chi connectivity index (χ2v) is 7.11. The van der Waals surface area contributed by atoms with Crippen molar-refractivity contribution in [3.05, 3.63) is 58.3 Å². The lowest BCUT2D eigenvalue weighted by atomic mass is 10.1. The van der Waals surface area contributed by atoms with Crippen LogP contribution < -0.4 is 10.3 Å². The molecular formula is C18H16FN3O3S. The lowest BCUT2D eigenvalue weighted by molar-refractivity contribution is 0.0594. The first kappa shape index (κ1) is 16.7. The van der Waals surface area contributed by atoms with E-state index in [4.69, 9.17) is 4.74 Å². The minimum absolute atomic E-state index is 0.0569. The number of pyridine rings is 1. The van der Waals surface area contributed by atoms with Crippen LogP contribution in [0.4, 0.5) is 4.39 Å². The molecule has 1 amide bonds. The molecule has 0 aliphatic carbocycles. The van der Waals surface area contributed by atoms with E-state index in [0.29, 0.717) is 36.6 Å². The monoisotopic (exact) mass is 373 g/mol. The summed E-state index contributed by atoms with van der Waals surface area (Å²) < 4.78 is 19.9. The van der Waals surface area contributed by atoms with E-state index in [0.717, 1.165) is 4.70 Å². The van der Waals surface area contributed by atoms with Crippen LogP contribution in [0.5, 0.6) is 5.19 Å². The van der Waals surface area contributed by atoms with Crippen molar-refractivity contribution in [3.8, 4) is 5.19 Å². The third-order valence-electron chi connectivity index (χ3n) is 4.38. The number of likely N-dealkylation sites (tertiary alicyclic amines) is 1. The summed E-state index contributed by atoms with van der Waals surface area (Å²) >= 11 is 1.31. The van der Waals surface area contributed by atoms with Crippen molar-refractivity contribution in [3.63, 3.8) is 0 Å². The Balaban J connectivity index is 1.39. The third-order valence-corrected chi connectivity index (χ3v) is 5.29. The Hall–Kier alpha value is -2.74. The van der Waals surface area contributed by atoms with Gasteiger partial charge < -0.3 is 14.6 Å². The molecule has 2 aromatic heterocycles. The molecule has 4 rings (SSSR count). The van der Waals surface area contributed by atoms with E-state index >= 15 is 0 Å². The zero-order valence-electron chi connectivity index (χ0n) is 13.8. The standard InChI is InChI=1S/C18H16FN3O3S/c19-11-3-4-14-15(10-11)26-18(21-14)25-12-5-8-22(9-6-12)17(24)13-2-1-7-20-16(13)23/h1-4,7,10,12H,5-6,8-9H2,(H,20,23). The summed E-state index contributed by atoms with van der Waals surface area (Å²) in [6.07, 6.45) is 2.75. The van der Waals surface area contributed by atoms with Gasteiger partial charge in [-0.05, 0) is 30.3 Å². The van der Waals surface area contributed by atoms with E-state index < -0.39 is 0 Å². The molecule has 26 heavy (non-hydrogen) atoms. The van der Waals surface area contributed by atoms with Crippen LogP contribution in [0.2, 0.25) is 0 Å². The van der Waals surface area contributed by atoms with Gasteiger partial charge in [-0.15, -0.1) is 0 Å². The smallest absolute Gasteiger partial charge is 0.274 e. The Morgan fingerprint density at radius 3 is 2.88 bits per heavy atom. The fourth-order valence-corrected chi connectivity index (χ4v) is 3.91. The number of aromatic nitrogens is 2. The summed E-state index contributed by atoms with van der Waals surface area (Å²) in [6.45, 7) is 1.02. The van der Waals surface area contributed by atoms with Gasteiger partial charge in [0.1, 0.15) is 17.5 Å². The van der Waals surface area contributed by atoms with Crippen molar-refractivity contribution < 1.29 is 13.9 Å². The molecule has 0 radical (unpaired) electrons. The predicted octanol–water partition coefficient (Wildman–Crippen LogP) is 2.81. The van der Waals surface area contributed by atoms with Crippen LogP contribution in [-0.4, -0.2) is 40.0 Å². The van der Waals surface area contributed by atoms with Crippen molar-refractivity contribution in [2.75, 3.05) is 13.1 Å². The van der Waals surface area contributed by atoms with Gasteiger partial charge in [-0.3, -0.25) is 9.59 Å². The van der Waals surface area contributed by atoms with E-state index in [2.05, 4.69) is 9.97 Å². The molecule has 1 N–H and O–H groups in total. The van der Waals surface area contributed by atoms with Gasteiger partial charge in [0.2, 0.25) is 0 Å². The molecule has 0 bridgehead atoms. The van der Waals surface area contributed by atoms with Crippen LogP contribution in [0.15, 0.2) is 41.3 Å². The molecule has 3 aromatic rings. The van der Waals surface area contributed by atoms with Gasteiger partial charge in [-0.25, -0.2) is 9.37 Å². The minimum atomic E-state index is -0.377. The number of aromatic amines is 1. The Morgan fingerprint density at radius 1 is 1.31 bits per heavy atom. The average Bonchev–Trinajstić information content (AvgIpc) is 3.03. The van der Waals surface area contributed by atoms with Gasteiger partial charge in [0.05, 0.1) is 10.2 Å². The molecule has 6 nitrogen and oxygen atoms in total. The molecule has 1 aliphatic rings. The number of ether oxygens (including phenoxy) is 1. The van der Waals surface area contributed by atoms with Gasteiger partial charge in [-0.2, -0.15) is 0 Å². The highest BCUT2D eigenvalue weighted by molar-refractivity contribution is 7.20. The van der Waals surface area contributed by atoms with Crippen LogP contribution in [0.25, 0.3) is 10.2 Å². The Kier molecular flexibility index (Phi) is 4.42. The number of piperidine rings is 1. The number of carbonyl (C=O) groups excluding carboxylic acids is 1. The van der Waals surface area contributed by atoms with Crippen molar-refractivity contribution in [1.29, 1.82) is 0 Å². The fourth-order valence-electron chi connectivity index (χ4n) is 3.01. The van der Waals surface area contributed by atoms with E-state index in [9.17, 15) is 14.0 Å². The molecule has 8 heteroatoms. The quantitative estimate of drug-likeness (QED) is 0.766. The maximum atomic E-state index is 13.3. The number of halogens is 1. The van der Waals surface area contributed by atoms with Gasteiger partial charge in [0, 0.05) is 32.1 Å². The summed E-state index contributed by atoms with van der Waals surface area (Å²) in [5.41, 5.74) is 0.486. The Labute approximate surface area is 152 Å². The summed E-state index contributed by atoms with van der Waals surface area (Å²) in [5, 5.41) is 0.509. The number of benzene rings is 1. The number of rotatable bonds is 3. The molecule has 0 spiro atoms. The summed E-state index contributed by atoms with van der Waals surface area (Å²) in [7, 11) is 0. The van der Waals surface area contributed by atoms with Crippen molar-refractivity contribution >= 4 is 27.5 Å². The second-order valence-electron chi connectivity index (χ2n) is 6.11. The predicted molar refractivity (Wildman–Crippen MR) is 96.2 cm³/mol. The van der Waals surface area contributed by atoms with E-state index in [1.165, 1.54) is 35.7 Å². The number of hydrogen-bond donors (Lipinski definition) is 1. The van der Waals surface area contributed by atoms with Gasteiger partial charge in [-0.1, -0.05) is 11.3 Å². The number of H-pyrrole nitrogens is 1. The first-order valence-corrected chi connectivity index (χ1v) is 9.11. The zero-order chi connectivity index (χ0) is 18.1. The van der Waals surface area contributed by atoms with Crippen LogP contribution in [0.3, 0.4) is 0 Å². The van der Waals surface area contributed by atoms with Crippen LogP contribution in [0, 0.1) is 5.82 Å². The van der Waals surface area contributed by atoms with Crippen LogP contribution in [-0.2, 0) is 0 Å². The highest BCUT2D eigenvalue weighted by Crippen LogP contribution is 2.30.